The van der Waals surface area contributed by atoms with E-state index in [9.17, 15) is 9.18 Å². The summed E-state index contributed by atoms with van der Waals surface area (Å²) in [7, 11) is 0. The molecule has 0 heterocycles. The van der Waals surface area contributed by atoms with Gasteiger partial charge in [-0.15, -0.1) is 0 Å². The monoisotopic (exact) mass is 280 g/mol. The Hall–Kier alpha value is -1.42. The molecule has 0 aliphatic rings. The lowest BCUT2D eigenvalue weighted by Crippen LogP contribution is -2.41. The van der Waals surface area contributed by atoms with Crippen LogP contribution in [-0.2, 0) is 11.3 Å². The summed E-state index contributed by atoms with van der Waals surface area (Å²) in [5.41, 5.74) is 2.27. The van der Waals surface area contributed by atoms with Crippen molar-refractivity contribution in [3.63, 3.8) is 0 Å². The fraction of sp³-hybridized carbons (Fsp3) is 0.562. The lowest BCUT2D eigenvalue weighted by molar-refractivity contribution is -0.121. The van der Waals surface area contributed by atoms with Crippen LogP contribution in [0.3, 0.4) is 0 Å². The van der Waals surface area contributed by atoms with Gasteiger partial charge in [0.2, 0.25) is 5.91 Å². The van der Waals surface area contributed by atoms with Crippen LogP contribution in [0.15, 0.2) is 12.1 Å². The molecule has 0 radical (unpaired) electrons. The number of amides is 1. The molecule has 20 heavy (non-hydrogen) atoms. The number of halogens is 1. The molecule has 0 aliphatic carbocycles. The molecule has 0 fully saturated rings. The number of nitrogens with one attached hydrogen (secondary N) is 2. The van der Waals surface area contributed by atoms with Crippen LogP contribution in [-0.4, -0.2) is 18.5 Å². The molecule has 0 bridgehead atoms. The fourth-order valence-corrected chi connectivity index (χ4v) is 1.93. The summed E-state index contributed by atoms with van der Waals surface area (Å²) in [6.07, 6.45) is 0. The zero-order valence-electron chi connectivity index (χ0n) is 13.0. The first kappa shape index (κ1) is 16.6. The van der Waals surface area contributed by atoms with Gasteiger partial charge in [-0.2, -0.15) is 0 Å². The average molecular weight is 280 g/mol. The highest BCUT2D eigenvalue weighted by atomic mass is 19.1. The molecule has 3 nitrogen and oxygen atoms in total. The van der Waals surface area contributed by atoms with Crippen molar-refractivity contribution in [2.75, 3.05) is 6.54 Å². The maximum Gasteiger partial charge on any atom is 0.234 e. The van der Waals surface area contributed by atoms with Gasteiger partial charge in [-0.05, 0) is 43.4 Å². The molecule has 1 aromatic carbocycles. The van der Waals surface area contributed by atoms with Gasteiger partial charge in [0.15, 0.2) is 0 Å². The third kappa shape index (κ3) is 4.93. The van der Waals surface area contributed by atoms with Crippen LogP contribution in [0.5, 0.6) is 0 Å². The van der Waals surface area contributed by atoms with E-state index in [1.54, 1.807) is 13.8 Å². The minimum atomic E-state index is -0.155. The second-order valence-electron chi connectivity index (χ2n) is 5.75. The number of benzene rings is 1. The van der Waals surface area contributed by atoms with E-state index in [2.05, 4.69) is 24.5 Å². The quantitative estimate of drug-likeness (QED) is 0.841. The lowest BCUT2D eigenvalue weighted by atomic mass is 10.1. The summed E-state index contributed by atoms with van der Waals surface area (Å²) in [4.78, 5) is 11.7. The standard InChI is InChI=1S/C16H25FN2O/c1-10(2)13(5)19-15(20)9-18-8-14-6-11(3)16(17)12(4)7-14/h6-7,10,13,18H,8-9H2,1-5H3,(H,19,20). The first-order chi connectivity index (χ1) is 9.31. The number of rotatable bonds is 6. The Bertz CT molecular complexity index is 449. The molecule has 1 atom stereocenters. The molecule has 0 saturated heterocycles. The van der Waals surface area contributed by atoms with Crippen LogP contribution >= 0.6 is 0 Å². The van der Waals surface area contributed by atoms with E-state index in [0.717, 1.165) is 5.56 Å². The number of carbonyl (C=O) groups excluding carboxylic acids is 1. The summed E-state index contributed by atoms with van der Waals surface area (Å²) < 4.78 is 13.5. The summed E-state index contributed by atoms with van der Waals surface area (Å²) in [5.74, 6) is 0.250. The Morgan fingerprint density at radius 1 is 1.20 bits per heavy atom. The van der Waals surface area contributed by atoms with Gasteiger partial charge in [0.05, 0.1) is 6.54 Å². The van der Waals surface area contributed by atoms with Crippen LogP contribution in [0.1, 0.15) is 37.5 Å². The predicted molar refractivity (Wildman–Crippen MR) is 80.0 cm³/mol. The van der Waals surface area contributed by atoms with Crippen molar-refractivity contribution >= 4 is 5.91 Å². The van der Waals surface area contributed by atoms with Crippen LogP contribution in [0, 0.1) is 25.6 Å². The van der Waals surface area contributed by atoms with E-state index in [1.165, 1.54) is 0 Å². The van der Waals surface area contributed by atoms with Gasteiger partial charge in [0.25, 0.3) is 0 Å². The van der Waals surface area contributed by atoms with Gasteiger partial charge in [-0.25, -0.2) is 4.39 Å². The number of aryl methyl sites for hydroxylation is 2. The SMILES string of the molecule is Cc1cc(CNCC(=O)NC(C)C(C)C)cc(C)c1F. The maximum atomic E-state index is 13.5. The molecule has 1 rings (SSSR count). The molecule has 0 aliphatic heterocycles. The fourth-order valence-electron chi connectivity index (χ4n) is 1.93. The van der Waals surface area contributed by atoms with Crippen molar-refractivity contribution < 1.29 is 9.18 Å². The molecular formula is C16H25FN2O. The number of hydrogen-bond donors (Lipinski definition) is 2. The minimum absolute atomic E-state index is 0.0123. The highest BCUT2D eigenvalue weighted by Crippen LogP contribution is 2.14. The largest absolute Gasteiger partial charge is 0.352 e. The van der Waals surface area contributed by atoms with Crippen molar-refractivity contribution in [1.82, 2.24) is 10.6 Å². The lowest BCUT2D eigenvalue weighted by Gasteiger charge is -2.17. The van der Waals surface area contributed by atoms with E-state index >= 15 is 0 Å². The van der Waals surface area contributed by atoms with E-state index < -0.39 is 0 Å². The van der Waals surface area contributed by atoms with E-state index in [1.807, 2.05) is 19.1 Å². The molecule has 0 spiro atoms. The first-order valence-corrected chi connectivity index (χ1v) is 7.07. The maximum absolute atomic E-state index is 13.5. The molecule has 1 amide bonds. The summed E-state index contributed by atoms with van der Waals surface area (Å²) in [6, 6.07) is 3.79. The van der Waals surface area contributed by atoms with Crippen molar-refractivity contribution in [2.45, 2.75) is 47.2 Å². The molecule has 1 aromatic rings. The third-order valence-corrected chi connectivity index (χ3v) is 3.50. The van der Waals surface area contributed by atoms with Gasteiger partial charge in [-0.3, -0.25) is 4.79 Å². The van der Waals surface area contributed by atoms with Crippen molar-refractivity contribution in [3.05, 3.63) is 34.6 Å². The normalized spacial score (nSPS) is 12.6. The Balaban J connectivity index is 2.43. The van der Waals surface area contributed by atoms with Gasteiger partial charge < -0.3 is 10.6 Å². The zero-order chi connectivity index (χ0) is 15.3. The molecular weight excluding hydrogens is 255 g/mol. The minimum Gasteiger partial charge on any atom is -0.352 e. The summed E-state index contributed by atoms with van der Waals surface area (Å²) in [5, 5.41) is 6.02. The summed E-state index contributed by atoms with van der Waals surface area (Å²) >= 11 is 0. The Kier molecular flexibility index (Phi) is 6.14. The average Bonchev–Trinajstić information content (AvgIpc) is 2.35. The molecule has 0 saturated carbocycles. The number of carbonyl (C=O) groups is 1. The van der Waals surface area contributed by atoms with Crippen LogP contribution in [0.25, 0.3) is 0 Å². The zero-order valence-corrected chi connectivity index (χ0v) is 13.0. The molecule has 112 valence electrons. The van der Waals surface area contributed by atoms with Crippen LogP contribution < -0.4 is 10.6 Å². The van der Waals surface area contributed by atoms with E-state index in [0.29, 0.717) is 23.6 Å². The Labute approximate surface area is 121 Å². The smallest absolute Gasteiger partial charge is 0.234 e. The second kappa shape index (κ2) is 7.39. The van der Waals surface area contributed by atoms with Gasteiger partial charge in [0.1, 0.15) is 5.82 Å². The molecule has 1 unspecified atom stereocenters. The molecule has 4 heteroatoms. The van der Waals surface area contributed by atoms with Gasteiger partial charge in [-0.1, -0.05) is 26.0 Å². The Morgan fingerprint density at radius 3 is 2.25 bits per heavy atom. The topological polar surface area (TPSA) is 41.1 Å². The van der Waals surface area contributed by atoms with Crippen LogP contribution in [0.4, 0.5) is 4.39 Å². The van der Waals surface area contributed by atoms with E-state index in [-0.39, 0.29) is 24.3 Å². The molecule has 2 N–H and O–H groups in total. The van der Waals surface area contributed by atoms with Gasteiger partial charge >= 0.3 is 0 Å². The highest BCUT2D eigenvalue weighted by Gasteiger charge is 2.10. The second-order valence-corrected chi connectivity index (χ2v) is 5.75. The third-order valence-electron chi connectivity index (χ3n) is 3.50. The summed E-state index contributed by atoms with van der Waals surface area (Å²) in [6.45, 7) is 10.5. The number of hydrogen-bond acceptors (Lipinski definition) is 2. The molecule has 0 aromatic heterocycles. The first-order valence-electron chi connectivity index (χ1n) is 7.07. The predicted octanol–water partition coefficient (Wildman–Crippen LogP) is 2.69. The highest BCUT2D eigenvalue weighted by molar-refractivity contribution is 5.78. The van der Waals surface area contributed by atoms with Crippen LogP contribution in [0.2, 0.25) is 0 Å². The van der Waals surface area contributed by atoms with Crippen molar-refractivity contribution in [2.24, 2.45) is 5.92 Å². The van der Waals surface area contributed by atoms with Crippen molar-refractivity contribution in [1.29, 1.82) is 0 Å². The van der Waals surface area contributed by atoms with Gasteiger partial charge in [0, 0.05) is 12.6 Å². The van der Waals surface area contributed by atoms with Crippen molar-refractivity contribution in [3.8, 4) is 0 Å². The van der Waals surface area contributed by atoms with E-state index in [4.69, 9.17) is 0 Å². The Morgan fingerprint density at radius 2 is 1.75 bits per heavy atom.